The second-order valence-corrected chi connectivity index (χ2v) is 22.9. The predicted molar refractivity (Wildman–Crippen MR) is 311 cm³/mol. The van der Waals surface area contributed by atoms with Crippen molar-refractivity contribution in [1.82, 2.24) is 28.9 Å². The molecule has 4 bridgehead atoms. The molecular weight excluding hydrogens is 983 g/mol. The Morgan fingerprint density at radius 2 is 0.923 bits per heavy atom. The van der Waals surface area contributed by atoms with Crippen LogP contribution in [0.15, 0.2) is 63.3 Å². The average Bonchev–Trinajstić information content (AvgIpc) is 3.80. The summed E-state index contributed by atoms with van der Waals surface area (Å²) in [5.74, 6) is -1.75. The van der Waals surface area contributed by atoms with Gasteiger partial charge in [-0.15, -0.1) is 0 Å². The molecule has 4 aliphatic heterocycles. The number of carboxylic acid groups (broad SMARTS) is 1. The first kappa shape index (κ1) is 60.4. The van der Waals surface area contributed by atoms with Gasteiger partial charge in [0.2, 0.25) is 0 Å². The van der Waals surface area contributed by atoms with E-state index in [-0.39, 0.29) is 87.5 Å². The Bertz CT molecular complexity index is 2730. The quantitative estimate of drug-likeness (QED) is 0.0547. The fourth-order valence-corrected chi connectivity index (χ4v) is 14.7. The molecule has 0 radical (unpaired) electrons. The highest BCUT2D eigenvalue weighted by Crippen LogP contribution is 2.44. The Hall–Kier alpha value is -5.28. The van der Waals surface area contributed by atoms with E-state index in [9.17, 15) is 29.1 Å². The van der Waals surface area contributed by atoms with Gasteiger partial charge in [0.1, 0.15) is 12.8 Å². The number of ether oxygens (including phenoxy) is 1. The van der Waals surface area contributed by atoms with E-state index in [2.05, 4.69) is 24.9 Å². The molecule has 15 nitrogen and oxygen atoms in total. The van der Waals surface area contributed by atoms with Crippen LogP contribution in [-0.2, 0) is 19.2 Å². The maximum absolute atomic E-state index is 14.1. The number of carbonyl (C=O) groups excluding carboxylic acids is 2. The first-order valence-electron chi connectivity index (χ1n) is 29.7. The van der Waals surface area contributed by atoms with Crippen molar-refractivity contribution in [3.05, 3.63) is 80.6 Å². The second-order valence-electron chi connectivity index (χ2n) is 22.9. The number of para-hydroxylation sites is 4. The maximum atomic E-state index is 14.1. The summed E-state index contributed by atoms with van der Waals surface area (Å²) in [5.41, 5.74) is 2.99. The summed E-state index contributed by atoms with van der Waals surface area (Å²) in [7, 11) is 1.41. The van der Waals surface area contributed by atoms with Crippen molar-refractivity contribution in [2.45, 2.75) is 263 Å². The number of ketones is 1. The average molecular weight is 1080 g/mol. The minimum absolute atomic E-state index is 0. The summed E-state index contributed by atoms with van der Waals surface area (Å²) in [4.78, 5) is 84.1. The third kappa shape index (κ3) is 14.4. The van der Waals surface area contributed by atoms with Gasteiger partial charge in [0.05, 0.1) is 41.5 Å². The van der Waals surface area contributed by atoms with Gasteiger partial charge >= 0.3 is 11.9 Å². The van der Waals surface area contributed by atoms with Gasteiger partial charge in [0.25, 0.3) is 11.1 Å². The number of benzene rings is 2. The summed E-state index contributed by atoms with van der Waals surface area (Å²) in [6, 6.07) is 18.9. The number of fused-ring (bicyclic) bond motifs is 6. The van der Waals surface area contributed by atoms with E-state index in [4.69, 9.17) is 9.57 Å². The fourth-order valence-electron chi connectivity index (χ4n) is 14.7. The Kier molecular flexibility index (Phi) is 22.6. The number of hydrogen-bond donors (Lipinski definition) is 1. The number of esters is 1. The Balaban J connectivity index is 0.000000220. The van der Waals surface area contributed by atoms with Crippen LogP contribution in [0.3, 0.4) is 0 Å². The molecule has 1 N–H and O–H groups in total. The molecule has 15 heteroatoms. The number of piperidine rings is 4. The molecule has 0 amide bonds. The van der Waals surface area contributed by atoms with Gasteiger partial charge in [-0.2, -0.15) is 0 Å². The predicted octanol–water partition coefficient (Wildman–Crippen LogP) is 12.9. The first-order chi connectivity index (χ1) is 37.1. The monoisotopic (exact) mass is 1080 g/mol. The zero-order chi connectivity index (χ0) is 53.0. The van der Waals surface area contributed by atoms with E-state index in [0.29, 0.717) is 47.5 Å². The zero-order valence-corrected chi connectivity index (χ0v) is 45.6. The first-order valence-corrected chi connectivity index (χ1v) is 29.7. The number of carbonyl (C=O) groups is 3. The van der Waals surface area contributed by atoms with Crippen molar-refractivity contribution in [2.24, 2.45) is 5.16 Å². The van der Waals surface area contributed by atoms with Crippen molar-refractivity contribution in [1.29, 1.82) is 0 Å². The van der Waals surface area contributed by atoms with Crippen molar-refractivity contribution >= 4 is 45.5 Å². The lowest BCUT2D eigenvalue weighted by Gasteiger charge is -2.53. The van der Waals surface area contributed by atoms with Crippen LogP contribution in [0.5, 0.6) is 0 Å². The van der Waals surface area contributed by atoms with Gasteiger partial charge < -0.3 is 23.8 Å². The van der Waals surface area contributed by atoms with Crippen LogP contribution < -0.4 is 11.1 Å². The molecule has 6 heterocycles. The van der Waals surface area contributed by atoms with Gasteiger partial charge in [-0.1, -0.05) is 134 Å². The Morgan fingerprint density at radius 3 is 1.35 bits per heavy atom. The largest absolute Gasteiger partial charge is 0.481 e. The van der Waals surface area contributed by atoms with Gasteiger partial charge in [-0.25, -0.2) is 9.97 Å². The third-order valence-corrected chi connectivity index (χ3v) is 18.0. The molecular formula is C63H93N7O8. The Morgan fingerprint density at radius 1 is 0.526 bits per heavy atom. The Labute approximate surface area is 463 Å². The van der Waals surface area contributed by atoms with E-state index < -0.39 is 11.9 Å². The molecule has 4 saturated heterocycles. The number of carboxylic acids is 1. The van der Waals surface area contributed by atoms with Crippen LogP contribution in [0.2, 0.25) is 0 Å². The summed E-state index contributed by atoms with van der Waals surface area (Å²) in [6.45, 7) is 2.01. The summed E-state index contributed by atoms with van der Waals surface area (Å²) in [6.07, 6.45) is 32.4. The highest BCUT2D eigenvalue weighted by Gasteiger charge is 2.44. The molecule has 428 valence electrons. The fraction of sp³-hybridized carbons (Fsp3) is 0.683. The van der Waals surface area contributed by atoms with Gasteiger partial charge in [0, 0.05) is 61.2 Å². The van der Waals surface area contributed by atoms with Gasteiger partial charge in [-0.05, 0) is 108 Å². The molecule has 10 rings (SSSR count). The van der Waals surface area contributed by atoms with Crippen LogP contribution >= 0.6 is 0 Å². The van der Waals surface area contributed by atoms with Gasteiger partial charge in [0.15, 0.2) is 17.2 Å². The lowest BCUT2D eigenvalue weighted by atomic mass is 9.79. The van der Waals surface area contributed by atoms with Gasteiger partial charge in [-0.3, -0.25) is 33.8 Å². The third-order valence-electron chi connectivity index (χ3n) is 18.0. The number of aromatic nitrogens is 4. The number of hydrogen-bond acceptors (Lipinski definition) is 12. The number of rotatable bonds is 14. The van der Waals surface area contributed by atoms with Crippen molar-refractivity contribution < 1.29 is 29.1 Å². The highest BCUT2D eigenvalue weighted by molar-refractivity contribution is 6.01. The molecule has 6 aliphatic rings. The topological polar surface area (TPSA) is 179 Å². The zero-order valence-electron chi connectivity index (χ0n) is 45.6. The number of nitrogens with zero attached hydrogens (tertiary/aromatic N) is 7. The minimum atomic E-state index is -0.944. The molecule has 2 aromatic carbocycles. The molecule has 4 aromatic rings. The van der Waals surface area contributed by atoms with Crippen LogP contribution in [0.4, 0.5) is 0 Å². The molecule has 6 fully saturated rings. The highest BCUT2D eigenvalue weighted by atomic mass is 16.6. The summed E-state index contributed by atoms with van der Waals surface area (Å²) in [5, 5.41) is 13.3. The molecule has 2 aromatic heterocycles. The van der Waals surface area contributed by atoms with Crippen molar-refractivity contribution in [3.63, 3.8) is 0 Å². The normalized spacial score (nSPS) is 25.0. The van der Waals surface area contributed by atoms with E-state index in [1.807, 2.05) is 57.7 Å². The summed E-state index contributed by atoms with van der Waals surface area (Å²) >= 11 is 0. The number of aliphatic carboxylic acids is 1. The van der Waals surface area contributed by atoms with Crippen LogP contribution in [0.25, 0.3) is 22.1 Å². The minimum Gasteiger partial charge on any atom is -0.481 e. The van der Waals surface area contributed by atoms with E-state index in [1.54, 1.807) is 6.92 Å². The van der Waals surface area contributed by atoms with E-state index >= 15 is 0 Å². The second kappa shape index (κ2) is 29.3. The standard InChI is InChI=1S/C31H43N3O4.C30H42N4O4.2CH4/c1-2-38-29(36)19-18-28(35)30-31(37)34(27-17-10-9-16-26(27)32-30)25-20-23-14-11-15-24(21-25)33(23)22-12-7-5-3-4-6-8-13-22;1-38-32-26(17-18-28(35)36)29-30(37)34(27-16-9-8-15-25(27)31-29)24-19-22-13-10-14-23(20-24)33(22)21-11-6-4-2-3-5-7-12-21;;/h9-10,16-17,22-25H,2-8,11-15,18-21H2,1H3;8-9,15-16,21-24H,2-7,10-14,17-20H2,1H3,(H,35,36);2*1H4/b;32-26+;;/t23-,24+,25?;22-,23+,24?;;. The van der Waals surface area contributed by atoms with E-state index in [1.165, 1.54) is 148 Å². The number of oxime groups is 1. The van der Waals surface area contributed by atoms with E-state index in [0.717, 1.165) is 42.2 Å². The summed E-state index contributed by atoms with van der Waals surface area (Å²) < 4.78 is 8.81. The molecule has 2 unspecified atom stereocenters. The SMILES string of the molecule is C.C.CCOC(=O)CCC(=O)c1nc2ccccc2n(C2C[C@H]3CCC[C@@H](C2)N3C2CCCCCCCC2)c1=O.CO/N=C(\CCC(=O)O)c1nc2ccccc2n(C2C[C@H]3CCC[C@@H](C2)N3C2CCCCCCCC2)c1=O. The van der Waals surface area contributed by atoms with Crippen molar-refractivity contribution in [3.8, 4) is 0 Å². The maximum Gasteiger partial charge on any atom is 0.306 e. The lowest BCUT2D eigenvalue weighted by Crippen LogP contribution is -2.57. The molecule has 2 saturated carbocycles. The lowest BCUT2D eigenvalue weighted by molar-refractivity contribution is -0.143. The molecule has 78 heavy (non-hydrogen) atoms. The van der Waals surface area contributed by atoms with Crippen molar-refractivity contribution in [2.75, 3.05) is 13.7 Å². The van der Waals surface area contributed by atoms with Crippen LogP contribution in [0.1, 0.15) is 243 Å². The molecule has 0 spiro atoms. The molecule has 6 atom stereocenters. The van der Waals surface area contributed by atoms with Crippen LogP contribution in [0, 0.1) is 0 Å². The smallest absolute Gasteiger partial charge is 0.306 e. The van der Waals surface area contributed by atoms with Crippen LogP contribution in [-0.4, -0.2) is 107 Å². The molecule has 2 aliphatic carbocycles. The number of Topliss-reactive ketones (excluding diaryl/α,β-unsaturated/α-hetero) is 1.